The van der Waals surface area contributed by atoms with Crippen molar-refractivity contribution in [2.24, 2.45) is 5.41 Å². The van der Waals surface area contributed by atoms with Gasteiger partial charge in [-0.3, -0.25) is 4.79 Å². The fourth-order valence-electron chi connectivity index (χ4n) is 3.44. The molecule has 1 saturated heterocycles. The lowest BCUT2D eigenvalue weighted by Crippen LogP contribution is -2.37. The molecule has 0 bridgehead atoms. The molecular weight excluding hydrogens is 314 g/mol. The number of likely N-dealkylation sites (tertiary alicyclic amines) is 1. The highest BCUT2D eigenvalue weighted by atomic mass is 16.5. The van der Waals surface area contributed by atoms with Gasteiger partial charge >= 0.3 is 0 Å². The third-order valence-electron chi connectivity index (χ3n) is 4.45. The van der Waals surface area contributed by atoms with Crippen molar-refractivity contribution in [2.75, 3.05) is 46.9 Å². The summed E-state index contributed by atoms with van der Waals surface area (Å²) < 4.78 is 5.82. The smallest absolute Gasteiger partial charge is 0.260 e. The lowest BCUT2D eigenvalue weighted by atomic mass is 9.93. The molecule has 1 aromatic rings. The van der Waals surface area contributed by atoms with Crippen LogP contribution in [-0.2, 0) is 11.3 Å². The second-order valence-electron chi connectivity index (χ2n) is 7.99. The molecule has 1 heterocycles. The molecule has 25 heavy (non-hydrogen) atoms. The summed E-state index contributed by atoms with van der Waals surface area (Å²) >= 11 is 0. The molecule has 1 fully saturated rings. The van der Waals surface area contributed by atoms with Crippen molar-refractivity contribution in [3.63, 3.8) is 0 Å². The van der Waals surface area contributed by atoms with E-state index in [4.69, 9.17) is 4.74 Å². The Labute approximate surface area is 152 Å². The fraction of sp³-hybridized carbons (Fsp3) is 0.650. The standard InChI is InChI=1S/C20H33N3O2/c1-20(2,16-22(3)4)15-21-13-17-9-5-6-10-18(17)25-14-19(24)23-11-7-8-12-23/h5-6,9-10,21H,7-8,11-16H2,1-4H3. The van der Waals surface area contributed by atoms with E-state index in [1.807, 2.05) is 23.1 Å². The number of ether oxygens (including phenoxy) is 1. The highest BCUT2D eigenvalue weighted by Gasteiger charge is 2.20. The molecule has 5 heteroatoms. The van der Waals surface area contributed by atoms with E-state index in [0.717, 1.165) is 56.9 Å². The van der Waals surface area contributed by atoms with Crippen LogP contribution in [0.15, 0.2) is 24.3 Å². The van der Waals surface area contributed by atoms with Gasteiger partial charge in [0.05, 0.1) is 0 Å². The minimum absolute atomic E-state index is 0.0902. The summed E-state index contributed by atoms with van der Waals surface area (Å²) in [5.74, 6) is 0.889. The Morgan fingerprint density at radius 2 is 1.92 bits per heavy atom. The second-order valence-corrected chi connectivity index (χ2v) is 7.99. The van der Waals surface area contributed by atoms with Crippen molar-refractivity contribution in [2.45, 2.75) is 33.2 Å². The van der Waals surface area contributed by atoms with Crippen LogP contribution in [0.25, 0.3) is 0 Å². The maximum atomic E-state index is 12.2. The average Bonchev–Trinajstić information content (AvgIpc) is 3.06. The Balaban J connectivity index is 1.84. The molecule has 0 saturated carbocycles. The molecule has 140 valence electrons. The van der Waals surface area contributed by atoms with Gasteiger partial charge in [0, 0.05) is 38.3 Å². The Bertz CT molecular complexity index is 552. The highest BCUT2D eigenvalue weighted by Crippen LogP contribution is 2.20. The van der Waals surface area contributed by atoms with Crippen molar-refractivity contribution in [1.29, 1.82) is 0 Å². The summed E-state index contributed by atoms with van der Waals surface area (Å²) in [6.07, 6.45) is 2.21. The number of nitrogens with one attached hydrogen (secondary N) is 1. The van der Waals surface area contributed by atoms with Gasteiger partial charge in [0.2, 0.25) is 0 Å². The zero-order chi connectivity index (χ0) is 18.3. The molecule has 1 aliphatic heterocycles. The predicted molar refractivity (Wildman–Crippen MR) is 102 cm³/mol. The van der Waals surface area contributed by atoms with Crippen molar-refractivity contribution in [3.8, 4) is 5.75 Å². The van der Waals surface area contributed by atoms with E-state index in [-0.39, 0.29) is 17.9 Å². The summed E-state index contributed by atoms with van der Waals surface area (Å²) in [5.41, 5.74) is 1.29. The first-order chi connectivity index (χ1) is 11.9. The van der Waals surface area contributed by atoms with Crippen LogP contribution < -0.4 is 10.1 Å². The van der Waals surface area contributed by atoms with Crippen LogP contribution >= 0.6 is 0 Å². The molecule has 1 amide bonds. The zero-order valence-corrected chi connectivity index (χ0v) is 16.2. The van der Waals surface area contributed by atoms with Crippen LogP contribution in [0, 0.1) is 5.41 Å². The molecule has 0 unspecified atom stereocenters. The zero-order valence-electron chi connectivity index (χ0n) is 16.2. The van der Waals surface area contributed by atoms with Crippen molar-refractivity contribution < 1.29 is 9.53 Å². The average molecular weight is 348 g/mol. The molecule has 1 aliphatic rings. The summed E-state index contributed by atoms with van der Waals surface area (Å²) in [5, 5.41) is 3.53. The molecule has 5 nitrogen and oxygen atoms in total. The first-order valence-electron chi connectivity index (χ1n) is 9.21. The maximum Gasteiger partial charge on any atom is 0.260 e. The fourth-order valence-corrected chi connectivity index (χ4v) is 3.44. The van der Waals surface area contributed by atoms with E-state index in [1.54, 1.807) is 0 Å². The van der Waals surface area contributed by atoms with Gasteiger partial charge in [0.15, 0.2) is 6.61 Å². The number of amides is 1. The third kappa shape index (κ3) is 6.67. The molecule has 0 aromatic heterocycles. The van der Waals surface area contributed by atoms with Gasteiger partial charge in [-0.2, -0.15) is 0 Å². The van der Waals surface area contributed by atoms with Gasteiger partial charge < -0.3 is 19.9 Å². The van der Waals surface area contributed by atoms with Crippen molar-refractivity contribution in [3.05, 3.63) is 29.8 Å². The SMILES string of the molecule is CN(C)CC(C)(C)CNCc1ccccc1OCC(=O)N1CCCC1. The van der Waals surface area contributed by atoms with Crippen LogP contribution in [0.2, 0.25) is 0 Å². The van der Waals surface area contributed by atoms with E-state index in [2.05, 4.69) is 44.2 Å². The quantitative estimate of drug-likeness (QED) is 0.745. The molecular formula is C20H33N3O2. The topological polar surface area (TPSA) is 44.8 Å². The lowest BCUT2D eigenvalue weighted by Gasteiger charge is -2.28. The van der Waals surface area contributed by atoms with Crippen molar-refractivity contribution >= 4 is 5.91 Å². The van der Waals surface area contributed by atoms with E-state index < -0.39 is 0 Å². The number of rotatable bonds is 9. The number of hydrogen-bond acceptors (Lipinski definition) is 4. The number of hydrogen-bond donors (Lipinski definition) is 1. The Hall–Kier alpha value is -1.59. The van der Waals surface area contributed by atoms with Gasteiger partial charge in [-0.25, -0.2) is 0 Å². The second kappa shape index (κ2) is 9.20. The lowest BCUT2D eigenvalue weighted by molar-refractivity contribution is -0.132. The Morgan fingerprint density at radius 1 is 1.24 bits per heavy atom. The van der Waals surface area contributed by atoms with E-state index in [9.17, 15) is 4.79 Å². The first kappa shape index (κ1) is 19.7. The number of carbonyl (C=O) groups excluding carboxylic acids is 1. The van der Waals surface area contributed by atoms with E-state index in [1.165, 1.54) is 0 Å². The van der Waals surface area contributed by atoms with Crippen LogP contribution in [-0.4, -0.2) is 62.6 Å². The molecule has 0 spiro atoms. The minimum atomic E-state index is 0.0902. The Kier molecular flexibility index (Phi) is 7.26. The molecule has 1 N–H and O–H groups in total. The molecule has 0 aliphatic carbocycles. The number of carbonyl (C=O) groups is 1. The largest absolute Gasteiger partial charge is 0.483 e. The maximum absolute atomic E-state index is 12.2. The van der Waals surface area contributed by atoms with E-state index >= 15 is 0 Å². The molecule has 0 radical (unpaired) electrons. The molecule has 0 atom stereocenters. The molecule has 1 aromatic carbocycles. The molecule has 2 rings (SSSR count). The van der Waals surface area contributed by atoms with Crippen LogP contribution in [0.3, 0.4) is 0 Å². The first-order valence-corrected chi connectivity index (χ1v) is 9.21. The van der Waals surface area contributed by atoms with E-state index in [0.29, 0.717) is 0 Å². The summed E-state index contributed by atoms with van der Waals surface area (Å²) in [6, 6.07) is 7.97. The van der Waals surface area contributed by atoms with Crippen LogP contribution in [0.5, 0.6) is 5.75 Å². The monoisotopic (exact) mass is 347 g/mol. The normalized spacial score (nSPS) is 15.0. The van der Waals surface area contributed by atoms with Crippen molar-refractivity contribution in [1.82, 2.24) is 15.1 Å². The van der Waals surface area contributed by atoms with Crippen LogP contribution in [0.4, 0.5) is 0 Å². The number of benzene rings is 1. The summed E-state index contributed by atoms with van der Waals surface area (Å²) in [7, 11) is 4.20. The van der Waals surface area contributed by atoms with Gasteiger partial charge in [-0.15, -0.1) is 0 Å². The summed E-state index contributed by atoms with van der Waals surface area (Å²) in [6.45, 7) is 9.08. The highest BCUT2D eigenvalue weighted by molar-refractivity contribution is 5.78. The van der Waals surface area contributed by atoms with Gasteiger partial charge in [-0.1, -0.05) is 32.0 Å². The van der Waals surface area contributed by atoms with Gasteiger partial charge in [-0.05, 0) is 38.4 Å². The van der Waals surface area contributed by atoms with Gasteiger partial charge in [0.25, 0.3) is 5.91 Å². The number of para-hydroxylation sites is 1. The van der Waals surface area contributed by atoms with Gasteiger partial charge in [0.1, 0.15) is 5.75 Å². The third-order valence-corrected chi connectivity index (χ3v) is 4.45. The predicted octanol–water partition coefficient (Wildman–Crippen LogP) is 2.37. The summed E-state index contributed by atoms with van der Waals surface area (Å²) in [4.78, 5) is 16.3. The number of nitrogens with zero attached hydrogens (tertiary/aromatic N) is 2. The Morgan fingerprint density at radius 3 is 2.60 bits per heavy atom. The van der Waals surface area contributed by atoms with Crippen LogP contribution in [0.1, 0.15) is 32.3 Å². The minimum Gasteiger partial charge on any atom is -0.483 e.